The largest absolute Gasteiger partial charge is 0.489 e. The first-order valence-electron chi connectivity index (χ1n) is 10.5. The quantitative estimate of drug-likeness (QED) is 0.385. The zero-order valence-electron chi connectivity index (χ0n) is 18.2. The van der Waals surface area contributed by atoms with E-state index in [1.807, 2.05) is 60.7 Å². The standard InChI is InChI=1S/C25H27N3O3S/c1-3-15-28-23-16-21(31-17-18-7-5-4-6-8-18)13-14-22(23)24(26)25(28)19-9-11-20(12-10-19)27-32(2,29)30/h4-14,16,27H,3,15,17,26H2,1-2H3. The highest BCUT2D eigenvalue weighted by molar-refractivity contribution is 7.92. The fraction of sp³-hybridized carbons (Fsp3) is 0.200. The van der Waals surface area contributed by atoms with Gasteiger partial charge in [0.2, 0.25) is 10.0 Å². The molecule has 1 heterocycles. The third kappa shape index (κ3) is 4.73. The number of sulfonamides is 1. The number of aryl methyl sites for hydroxylation is 1. The minimum absolute atomic E-state index is 0.498. The van der Waals surface area contributed by atoms with Gasteiger partial charge in [0.1, 0.15) is 12.4 Å². The number of nitrogens with zero attached hydrogens (tertiary/aromatic N) is 1. The minimum atomic E-state index is -3.32. The van der Waals surface area contributed by atoms with Crippen LogP contribution < -0.4 is 15.2 Å². The molecule has 0 spiro atoms. The van der Waals surface area contributed by atoms with Crippen molar-refractivity contribution in [2.75, 3.05) is 16.7 Å². The van der Waals surface area contributed by atoms with Gasteiger partial charge in [-0.3, -0.25) is 4.72 Å². The average Bonchev–Trinajstić information content (AvgIpc) is 3.04. The van der Waals surface area contributed by atoms with E-state index < -0.39 is 10.0 Å². The van der Waals surface area contributed by atoms with Gasteiger partial charge in [-0.2, -0.15) is 0 Å². The Morgan fingerprint density at radius 1 is 1.00 bits per heavy atom. The molecule has 0 aliphatic rings. The maximum Gasteiger partial charge on any atom is 0.229 e. The summed E-state index contributed by atoms with van der Waals surface area (Å²) in [5, 5.41) is 0.971. The van der Waals surface area contributed by atoms with E-state index in [4.69, 9.17) is 10.5 Å². The zero-order valence-corrected chi connectivity index (χ0v) is 19.0. The SMILES string of the molecule is CCCn1c(-c2ccc(NS(C)(=O)=O)cc2)c(N)c2ccc(OCc3ccccc3)cc21. The molecule has 0 amide bonds. The second-order valence-electron chi connectivity index (χ2n) is 7.82. The predicted octanol–water partition coefficient (Wildman–Crippen LogP) is 5.25. The lowest BCUT2D eigenvalue weighted by Gasteiger charge is -2.12. The lowest BCUT2D eigenvalue weighted by atomic mass is 10.1. The Kier molecular flexibility index (Phi) is 6.10. The van der Waals surface area contributed by atoms with Crippen LogP contribution in [0.2, 0.25) is 0 Å². The normalized spacial score (nSPS) is 11.6. The molecular weight excluding hydrogens is 422 g/mol. The van der Waals surface area contributed by atoms with E-state index in [1.54, 1.807) is 12.1 Å². The second kappa shape index (κ2) is 8.96. The fourth-order valence-corrected chi connectivity index (χ4v) is 4.43. The van der Waals surface area contributed by atoms with Crippen LogP contribution in [0.4, 0.5) is 11.4 Å². The Bertz CT molecular complexity index is 1330. The summed E-state index contributed by atoms with van der Waals surface area (Å²) in [7, 11) is -3.32. The van der Waals surface area contributed by atoms with E-state index in [-0.39, 0.29) is 0 Å². The summed E-state index contributed by atoms with van der Waals surface area (Å²) in [5.74, 6) is 0.787. The molecule has 0 aliphatic heterocycles. The Morgan fingerprint density at radius 2 is 1.72 bits per heavy atom. The molecule has 0 bridgehead atoms. The smallest absolute Gasteiger partial charge is 0.229 e. The number of ether oxygens (including phenoxy) is 1. The van der Waals surface area contributed by atoms with Crippen LogP contribution in [0.3, 0.4) is 0 Å². The maximum absolute atomic E-state index is 11.5. The highest BCUT2D eigenvalue weighted by atomic mass is 32.2. The van der Waals surface area contributed by atoms with E-state index in [0.29, 0.717) is 18.0 Å². The van der Waals surface area contributed by atoms with E-state index in [0.717, 1.165) is 52.7 Å². The monoisotopic (exact) mass is 449 g/mol. The lowest BCUT2D eigenvalue weighted by molar-refractivity contribution is 0.306. The number of fused-ring (bicyclic) bond motifs is 1. The minimum Gasteiger partial charge on any atom is -0.489 e. The van der Waals surface area contributed by atoms with Gasteiger partial charge in [0.05, 0.1) is 23.2 Å². The molecule has 1 aromatic heterocycles. The zero-order chi connectivity index (χ0) is 22.7. The van der Waals surface area contributed by atoms with Crippen molar-refractivity contribution in [2.24, 2.45) is 0 Å². The molecule has 0 fully saturated rings. The van der Waals surface area contributed by atoms with Crippen molar-refractivity contribution in [3.8, 4) is 17.0 Å². The van der Waals surface area contributed by atoms with Gasteiger partial charge in [-0.15, -0.1) is 0 Å². The van der Waals surface area contributed by atoms with E-state index in [2.05, 4.69) is 16.2 Å². The summed E-state index contributed by atoms with van der Waals surface area (Å²) < 4.78 is 33.7. The van der Waals surface area contributed by atoms with Crippen LogP contribution in [0.15, 0.2) is 72.8 Å². The number of nitrogens with one attached hydrogen (secondary N) is 1. The molecule has 0 aliphatic carbocycles. The highest BCUT2D eigenvalue weighted by Crippen LogP contribution is 2.38. The van der Waals surface area contributed by atoms with Crippen LogP contribution in [0, 0.1) is 0 Å². The van der Waals surface area contributed by atoms with Crippen LogP contribution in [0.25, 0.3) is 22.2 Å². The predicted molar refractivity (Wildman–Crippen MR) is 131 cm³/mol. The molecule has 3 aromatic carbocycles. The topological polar surface area (TPSA) is 86.4 Å². The summed E-state index contributed by atoms with van der Waals surface area (Å²) in [6.45, 7) is 3.42. The van der Waals surface area contributed by atoms with Gasteiger partial charge >= 0.3 is 0 Å². The number of anilines is 2. The third-order valence-electron chi connectivity index (χ3n) is 5.23. The number of nitrogens with two attached hydrogens (primary N) is 1. The molecule has 32 heavy (non-hydrogen) atoms. The lowest BCUT2D eigenvalue weighted by Crippen LogP contribution is -2.09. The Balaban J connectivity index is 1.71. The van der Waals surface area contributed by atoms with Gasteiger partial charge in [-0.25, -0.2) is 8.42 Å². The highest BCUT2D eigenvalue weighted by Gasteiger charge is 2.17. The number of aromatic nitrogens is 1. The van der Waals surface area contributed by atoms with Gasteiger partial charge < -0.3 is 15.0 Å². The van der Waals surface area contributed by atoms with E-state index in [9.17, 15) is 8.42 Å². The van der Waals surface area contributed by atoms with Crippen molar-refractivity contribution in [1.29, 1.82) is 0 Å². The Morgan fingerprint density at radius 3 is 2.38 bits per heavy atom. The van der Waals surface area contributed by atoms with Crippen LogP contribution >= 0.6 is 0 Å². The van der Waals surface area contributed by atoms with Gasteiger partial charge in [-0.1, -0.05) is 49.4 Å². The summed E-state index contributed by atoms with van der Waals surface area (Å²) in [4.78, 5) is 0. The molecule has 6 nitrogen and oxygen atoms in total. The number of benzene rings is 3. The van der Waals surface area contributed by atoms with Crippen molar-refractivity contribution >= 4 is 32.3 Å². The molecule has 0 atom stereocenters. The van der Waals surface area contributed by atoms with E-state index in [1.165, 1.54) is 0 Å². The van der Waals surface area contributed by atoms with Gasteiger partial charge in [0.25, 0.3) is 0 Å². The first-order chi connectivity index (χ1) is 15.4. The van der Waals surface area contributed by atoms with Crippen molar-refractivity contribution in [2.45, 2.75) is 26.5 Å². The summed E-state index contributed by atoms with van der Waals surface area (Å²) in [5.41, 5.74) is 11.8. The molecule has 7 heteroatoms. The summed E-state index contributed by atoms with van der Waals surface area (Å²) in [6.07, 6.45) is 2.08. The number of hydrogen-bond acceptors (Lipinski definition) is 4. The van der Waals surface area contributed by atoms with Crippen LogP contribution in [0.1, 0.15) is 18.9 Å². The number of nitrogen functional groups attached to an aromatic ring is 1. The van der Waals surface area contributed by atoms with Crippen LogP contribution in [0.5, 0.6) is 5.75 Å². The van der Waals surface area contributed by atoms with Gasteiger partial charge in [0.15, 0.2) is 0 Å². The molecule has 0 radical (unpaired) electrons. The first kappa shape index (κ1) is 21.8. The molecule has 0 saturated heterocycles. The maximum atomic E-state index is 11.5. The number of rotatable bonds is 8. The third-order valence-corrected chi connectivity index (χ3v) is 5.84. The van der Waals surface area contributed by atoms with Gasteiger partial charge in [0, 0.05) is 29.2 Å². The molecule has 0 unspecified atom stereocenters. The van der Waals surface area contributed by atoms with Crippen LogP contribution in [-0.2, 0) is 23.2 Å². The van der Waals surface area contributed by atoms with Crippen molar-refractivity contribution in [3.05, 3.63) is 78.4 Å². The second-order valence-corrected chi connectivity index (χ2v) is 9.57. The van der Waals surface area contributed by atoms with Crippen molar-refractivity contribution < 1.29 is 13.2 Å². The number of hydrogen-bond donors (Lipinski definition) is 2. The molecule has 3 N–H and O–H groups in total. The molecule has 4 aromatic rings. The Hall–Kier alpha value is -3.45. The molecular formula is C25H27N3O3S. The summed E-state index contributed by atoms with van der Waals surface area (Å²) >= 11 is 0. The van der Waals surface area contributed by atoms with Crippen LogP contribution in [-0.4, -0.2) is 19.2 Å². The fourth-order valence-electron chi connectivity index (χ4n) is 3.86. The van der Waals surface area contributed by atoms with Gasteiger partial charge in [-0.05, 0) is 36.2 Å². The van der Waals surface area contributed by atoms with E-state index >= 15 is 0 Å². The summed E-state index contributed by atoms with van der Waals surface area (Å²) in [6, 6.07) is 23.3. The average molecular weight is 450 g/mol. The molecule has 4 rings (SSSR count). The van der Waals surface area contributed by atoms with Crippen molar-refractivity contribution in [3.63, 3.8) is 0 Å². The first-order valence-corrected chi connectivity index (χ1v) is 12.4. The van der Waals surface area contributed by atoms with Crippen molar-refractivity contribution in [1.82, 2.24) is 4.57 Å². The molecule has 166 valence electrons. The molecule has 0 saturated carbocycles. The Labute approximate surface area is 188 Å².